The van der Waals surface area contributed by atoms with Gasteiger partial charge in [0.25, 0.3) is 0 Å². The molecule has 0 amide bonds. The molecule has 2 rings (SSSR count). The van der Waals surface area contributed by atoms with Crippen LogP contribution in [0.4, 0.5) is 0 Å². The predicted molar refractivity (Wildman–Crippen MR) is 62.1 cm³/mol. The van der Waals surface area contributed by atoms with Crippen molar-refractivity contribution in [1.29, 1.82) is 0 Å². The SMILES string of the molecule is CCCCC1=CCC=C1C1=CC=CC1. The molecular formula is C14H18. The van der Waals surface area contributed by atoms with Gasteiger partial charge in [-0.25, -0.2) is 0 Å². The molecule has 0 saturated carbocycles. The molecule has 0 aromatic rings. The zero-order chi connectivity index (χ0) is 9.80. The van der Waals surface area contributed by atoms with Crippen molar-refractivity contribution in [3.8, 4) is 0 Å². The second-order valence-electron chi connectivity index (χ2n) is 4.01. The van der Waals surface area contributed by atoms with Gasteiger partial charge in [0.05, 0.1) is 0 Å². The van der Waals surface area contributed by atoms with E-state index in [-0.39, 0.29) is 0 Å². The van der Waals surface area contributed by atoms with Crippen LogP contribution in [0.3, 0.4) is 0 Å². The van der Waals surface area contributed by atoms with Gasteiger partial charge < -0.3 is 0 Å². The largest absolute Gasteiger partial charge is 0.0801 e. The highest BCUT2D eigenvalue weighted by Crippen LogP contribution is 2.33. The van der Waals surface area contributed by atoms with E-state index in [2.05, 4.69) is 37.3 Å². The van der Waals surface area contributed by atoms with Crippen molar-refractivity contribution in [1.82, 2.24) is 0 Å². The highest BCUT2D eigenvalue weighted by molar-refractivity contribution is 5.53. The number of allylic oxidation sites excluding steroid dienone is 8. The van der Waals surface area contributed by atoms with E-state index < -0.39 is 0 Å². The molecule has 0 aromatic carbocycles. The summed E-state index contributed by atoms with van der Waals surface area (Å²) in [4.78, 5) is 0. The Hall–Kier alpha value is -1.04. The minimum absolute atomic E-state index is 1.13. The molecule has 0 heterocycles. The summed E-state index contributed by atoms with van der Waals surface area (Å²) in [6.45, 7) is 2.26. The summed E-state index contributed by atoms with van der Waals surface area (Å²) < 4.78 is 0. The van der Waals surface area contributed by atoms with Gasteiger partial charge in [-0.1, -0.05) is 43.7 Å². The molecule has 0 bridgehead atoms. The van der Waals surface area contributed by atoms with E-state index in [1.807, 2.05) is 0 Å². The number of hydrogen-bond acceptors (Lipinski definition) is 0. The molecule has 0 aromatic heterocycles. The third-order valence-electron chi connectivity index (χ3n) is 2.95. The third-order valence-corrected chi connectivity index (χ3v) is 2.95. The fourth-order valence-electron chi connectivity index (χ4n) is 2.15. The Morgan fingerprint density at radius 2 is 2.21 bits per heavy atom. The van der Waals surface area contributed by atoms with Crippen LogP contribution in [0, 0.1) is 0 Å². The van der Waals surface area contributed by atoms with E-state index in [0.29, 0.717) is 0 Å². The molecule has 0 aliphatic heterocycles. The molecule has 0 atom stereocenters. The van der Waals surface area contributed by atoms with Crippen LogP contribution >= 0.6 is 0 Å². The Kier molecular flexibility index (Phi) is 3.03. The molecule has 0 heteroatoms. The van der Waals surface area contributed by atoms with E-state index >= 15 is 0 Å². The lowest BCUT2D eigenvalue weighted by Gasteiger charge is -2.09. The van der Waals surface area contributed by atoms with Crippen molar-refractivity contribution in [2.75, 3.05) is 0 Å². The normalized spacial score (nSPS) is 19.6. The minimum Gasteiger partial charge on any atom is -0.0801 e. The zero-order valence-electron chi connectivity index (χ0n) is 8.92. The quantitative estimate of drug-likeness (QED) is 0.613. The Balaban J connectivity index is 2.02. The average Bonchev–Trinajstić information content (AvgIpc) is 2.84. The molecule has 0 saturated heterocycles. The van der Waals surface area contributed by atoms with Crippen molar-refractivity contribution in [3.05, 3.63) is 47.1 Å². The molecule has 0 N–H and O–H groups in total. The monoisotopic (exact) mass is 186 g/mol. The van der Waals surface area contributed by atoms with Gasteiger partial charge in [-0.2, -0.15) is 0 Å². The summed E-state index contributed by atoms with van der Waals surface area (Å²) in [5, 5.41) is 0. The zero-order valence-corrected chi connectivity index (χ0v) is 8.92. The highest BCUT2D eigenvalue weighted by Gasteiger charge is 2.13. The first-order valence-corrected chi connectivity index (χ1v) is 5.67. The maximum absolute atomic E-state index is 2.39. The fourth-order valence-corrected chi connectivity index (χ4v) is 2.15. The topological polar surface area (TPSA) is 0 Å². The summed E-state index contributed by atoms with van der Waals surface area (Å²) in [6, 6.07) is 0. The smallest absolute Gasteiger partial charge is 0.00884 e. The van der Waals surface area contributed by atoms with Crippen LogP contribution in [0.25, 0.3) is 0 Å². The number of unbranched alkanes of at least 4 members (excludes halogenated alkanes) is 1. The first-order valence-electron chi connectivity index (χ1n) is 5.67. The summed E-state index contributed by atoms with van der Waals surface area (Å²) in [5.41, 5.74) is 4.63. The molecule has 0 unspecified atom stereocenters. The van der Waals surface area contributed by atoms with Gasteiger partial charge in [-0.3, -0.25) is 0 Å². The maximum atomic E-state index is 2.39. The summed E-state index contributed by atoms with van der Waals surface area (Å²) in [5.74, 6) is 0. The maximum Gasteiger partial charge on any atom is -0.00884 e. The summed E-state index contributed by atoms with van der Waals surface area (Å²) >= 11 is 0. The summed E-state index contributed by atoms with van der Waals surface area (Å²) in [6.07, 6.45) is 17.6. The van der Waals surface area contributed by atoms with Crippen LogP contribution in [-0.4, -0.2) is 0 Å². The molecule has 0 spiro atoms. The van der Waals surface area contributed by atoms with E-state index in [0.717, 1.165) is 12.8 Å². The highest BCUT2D eigenvalue weighted by atomic mass is 14.2. The molecule has 0 nitrogen and oxygen atoms in total. The minimum atomic E-state index is 1.13. The molecule has 14 heavy (non-hydrogen) atoms. The Bertz CT molecular complexity index is 324. The van der Waals surface area contributed by atoms with Crippen LogP contribution in [0.15, 0.2) is 47.1 Å². The lowest BCUT2D eigenvalue weighted by atomic mass is 9.96. The summed E-state index contributed by atoms with van der Waals surface area (Å²) in [7, 11) is 0. The predicted octanol–water partition coefficient (Wildman–Crippen LogP) is 4.32. The molecule has 2 aliphatic carbocycles. The van der Waals surface area contributed by atoms with Crippen molar-refractivity contribution in [2.45, 2.75) is 39.0 Å². The third kappa shape index (κ3) is 1.89. The lowest BCUT2D eigenvalue weighted by molar-refractivity contribution is 0.793. The van der Waals surface area contributed by atoms with Crippen molar-refractivity contribution in [2.24, 2.45) is 0 Å². The van der Waals surface area contributed by atoms with Crippen molar-refractivity contribution < 1.29 is 0 Å². The lowest BCUT2D eigenvalue weighted by Crippen LogP contribution is -1.90. The van der Waals surface area contributed by atoms with E-state index in [1.165, 1.54) is 30.4 Å². The Labute approximate surface area is 86.7 Å². The standard InChI is InChI=1S/C14H18/c1-2-3-7-12-10-6-11-14(12)13-8-4-5-9-13/h4-5,8,10-11H,2-3,6-7,9H2,1H3. The van der Waals surface area contributed by atoms with Gasteiger partial charge in [-0.05, 0) is 42.4 Å². The number of rotatable bonds is 4. The molecule has 0 fully saturated rings. The molecular weight excluding hydrogens is 168 g/mol. The van der Waals surface area contributed by atoms with Crippen LogP contribution in [0.2, 0.25) is 0 Å². The average molecular weight is 186 g/mol. The molecule has 0 radical (unpaired) electrons. The molecule has 2 aliphatic rings. The van der Waals surface area contributed by atoms with E-state index in [4.69, 9.17) is 0 Å². The van der Waals surface area contributed by atoms with Crippen LogP contribution in [0.1, 0.15) is 39.0 Å². The Morgan fingerprint density at radius 3 is 2.93 bits per heavy atom. The molecule has 74 valence electrons. The van der Waals surface area contributed by atoms with Gasteiger partial charge in [-0.15, -0.1) is 0 Å². The van der Waals surface area contributed by atoms with Gasteiger partial charge in [0, 0.05) is 0 Å². The van der Waals surface area contributed by atoms with Crippen LogP contribution in [0.5, 0.6) is 0 Å². The van der Waals surface area contributed by atoms with Crippen molar-refractivity contribution in [3.63, 3.8) is 0 Å². The van der Waals surface area contributed by atoms with Gasteiger partial charge >= 0.3 is 0 Å². The second-order valence-corrected chi connectivity index (χ2v) is 4.01. The van der Waals surface area contributed by atoms with E-state index in [1.54, 1.807) is 5.57 Å². The first-order chi connectivity index (χ1) is 6.92. The Morgan fingerprint density at radius 1 is 1.29 bits per heavy atom. The second kappa shape index (κ2) is 4.45. The van der Waals surface area contributed by atoms with Crippen LogP contribution in [-0.2, 0) is 0 Å². The van der Waals surface area contributed by atoms with Crippen molar-refractivity contribution >= 4 is 0 Å². The van der Waals surface area contributed by atoms with Gasteiger partial charge in [0.15, 0.2) is 0 Å². The fraction of sp³-hybridized carbons (Fsp3) is 0.429. The van der Waals surface area contributed by atoms with Gasteiger partial charge in [0.1, 0.15) is 0 Å². The van der Waals surface area contributed by atoms with Gasteiger partial charge in [0.2, 0.25) is 0 Å². The van der Waals surface area contributed by atoms with Crippen LogP contribution < -0.4 is 0 Å². The number of hydrogen-bond donors (Lipinski definition) is 0. The van der Waals surface area contributed by atoms with E-state index in [9.17, 15) is 0 Å². The first kappa shape index (κ1) is 9.51.